The highest BCUT2D eigenvalue weighted by Crippen LogP contribution is 2.16. The van der Waals surface area contributed by atoms with Crippen molar-refractivity contribution in [1.82, 2.24) is 4.90 Å². The summed E-state index contributed by atoms with van der Waals surface area (Å²) in [6.45, 7) is 1.35. The molecule has 2 unspecified atom stereocenters. The summed E-state index contributed by atoms with van der Waals surface area (Å²) in [6, 6.07) is -0.933. The van der Waals surface area contributed by atoms with Crippen LogP contribution in [0.25, 0.3) is 0 Å². The highest BCUT2D eigenvalue weighted by atomic mass is 16.4. The minimum atomic E-state index is -1.05. The van der Waals surface area contributed by atoms with Crippen LogP contribution in [0.2, 0.25) is 0 Å². The Labute approximate surface area is 87.7 Å². The zero-order chi connectivity index (χ0) is 11.4. The predicted molar refractivity (Wildman–Crippen MR) is 52.4 cm³/mol. The molecule has 1 saturated heterocycles. The molecule has 1 heterocycles. The number of carbonyl (C=O) groups is 2. The van der Waals surface area contributed by atoms with E-state index in [-0.39, 0.29) is 12.5 Å². The summed E-state index contributed by atoms with van der Waals surface area (Å²) in [5, 5.41) is 17.4. The van der Waals surface area contributed by atoms with Gasteiger partial charge in [0, 0.05) is 13.1 Å². The van der Waals surface area contributed by atoms with Crippen molar-refractivity contribution in [2.45, 2.75) is 18.9 Å². The molecule has 2 atom stereocenters. The van der Waals surface area contributed by atoms with E-state index in [1.807, 2.05) is 0 Å². The molecule has 1 fully saturated rings. The molecule has 0 aromatic heterocycles. The summed E-state index contributed by atoms with van der Waals surface area (Å²) in [7, 11) is 0. The summed E-state index contributed by atoms with van der Waals surface area (Å²) in [5.74, 6) is -2.25. The lowest BCUT2D eigenvalue weighted by atomic mass is 9.98. The van der Waals surface area contributed by atoms with Gasteiger partial charge < -0.3 is 20.8 Å². The Morgan fingerprint density at radius 3 is 2.67 bits per heavy atom. The lowest BCUT2D eigenvalue weighted by Crippen LogP contribution is -2.47. The van der Waals surface area contributed by atoms with E-state index in [2.05, 4.69) is 0 Å². The number of likely N-dealkylation sites (tertiary alicyclic amines) is 1. The van der Waals surface area contributed by atoms with Crippen molar-refractivity contribution in [2.75, 3.05) is 19.6 Å². The van der Waals surface area contributed by atoms with Gasteiger partial charge in [-0.2, -0.15) is 0 Å². The van der Waals surface area contributed by atoms with Gasteiger partial charge in [-0.15, -0.1) is 0 Å². The Kier molecular flexibility index (Phi) is 4.05. The van der Waals surface area contributed by atoms with E-state index in [1.165, 1.54) is 0 Å². The van der Waals surface area contributed by atoms with E-state index in [0.717, 1.165) is 13.0 Å². The summed E-state index contributed by atoms with van der Waals surface area (Å²) >= 11 is 0. The van der Waals surface area contributed by atoms with E-state index in [1.54, 1.807) is 4.90 Å². The number of aliphatic carboxylic acids is 2. The van der Waals surface area contributed by atoms with Crippen LogP contribution in [0, 0.1) is 5.92 Å². The highest BCUT2D eigenvalue weighted by molar-refractivity contribution is 5.73. The lowest BCUT2D eigenvalue weighted by Gasteiger charge is -2.31. The predicted octanol–water partition coefficient (Wildman–Crippen LogP) is -0.805. The standard InChI is InChI=1S/C9H16N2O4/c10-7(9(14)15)5-11-3-1-2-6(4-11)8(12)13/h6-7H,1-5,10H2,(H,12,13)(H,14,15). The van der Waals surface area contributed by atoms with Crippen LogP contribution < -0.4 is 5.73 Å². The van der Waals surface area contributed by atoms with Gasteiger partial charge in [0.15, 0.2) is 0 Å². The Morgan fingerprint density at radius 1 is 1.47 bits per heavy atom. The van der Waals surface area contributed by atoms with Crippen LogP contribution in [0.5, 0.6) is 0 Å². The maximum atomic E-state index is 10.7. The molecule has 15 heavy (non-hydrogen) atoms. The number of hydrogen-bond acceptors (Lipinski definition) is 4. The first kappa shape index (κ1) is 11.9. The second-order valence-electron chi connectivity index (χ2n) is 3.88. The molecule has 0 aliphatic carbocycles. The van der Waals surface area contributed by atoms with Crippen molar-refractivity contribution in [3.8, 4) is 0 Å². The quantitative estimate of drug-likeness (QED) is 0.568. The summed E-state index contributed by atoms with van der Waals surface area (Å²) in [5.41, 5.74) is 5.38. The van der Waals surface area contributed by atoms with Crippen molar-refractivity contribution in [1.29, 1.82) is 0 Å². The van der Waals surface area contributed by atoms with Crippen LogP contribution in [0.15, 0.2) is 0 Å². The smallest absolute Gasteiger partial charge is 0.321 e. The van der Waals surface area contributed by atoms with Crippen molar-refractivity contribution >= 4 is 11.9 Å². The lowest BCUT2D eigenvalue weighted by molar-refractivity contribution is -0.143. The minimum Gasteiger partial charge on any atom is -0.481 e. The van der Waals surface area contributed by atoms with Gasteiger partial charge in [0.1, 0.15) is 6.04 Å². The van der Waals surface area contributed by atoms with Crippen LogP contribution in [0.4, 0.5) is 0 Å². The fourth-order valence-corrected chi connectivity index (χ4v) is 1.78. The normalized spacial score (nSPS) is 24.7. The molecule has 1 rings (SSSR count). The third kappa shape index (κ3) is 3.49. The minimum absolute atomic E-state index is 0.221. The molecule has 0 aromatic rings. The molecule has 6 heteroatoms. The van der Waals surface area contributed by atoms with Crippen molar-refractivity contribution in [3.05, 3.63) is 0 Å². The molecule has 86 valence electrons. The average molecular weight is 216 g/mol. The SMILES string of the molecule is NC(CN1CCCC(C(=O)O)C1)C(=O)O. The fourth-order valence-electron chi connectivity index (χ4n) is 1.78. The Balaban J connectivity index is 2.43. The largest absolute Gasteiger partial charge is 0.481 e. The van der Waals surface area contributed by atoms with Gasteiger partial charge in [-0.3, -0.25) is 9.59 Å². The van der Waals surface area contributed by atoms with Gasteiger partial charge in [-0.25, -0.2) is 0 Å². The van der Waals surface area contributed by atoms with E-state index < -0.39 is 18.0 Å². The molecule has 0 bridgehead atoms. The first-order chi connectivity index (χ1) is 7.00. The first-order valence-corrected chi connectivity index (χ1v) is 4.94. The number of piperidine rings is 1. The zero-order valence-electron chi connectivity index (χ0n) is 8.43. The molecule has 1 aliphatic heterocycles. The maximum absolute atomic E-state index is 10.7. The number of carboxylic acid groups (broad SMARTS) is 2. The van der Waals surface area contributed by atoms with E-state index in [4.69, 9.17) is 15.9 Å². The molecular formula is C9H16N2O4. The van der Waals surface area contributed by atoms with E-state index >= 15 is 0 Å². The highest BCUT2D eigenvalue weighted by Gasteiger charge is 2.27. The van der Waals surface area contributed by atoms with Gasteiger partial charge in [0.05, 0.1) is 5.92 Å². The summed E-state index contributed by atoms with van der Waals surface area (Å²) in [6.07, 6.45) is 1.44. The van der Waals surface area contributed by atoms with Crippen LogP contribution >= 0.6 is 0 Å². The molecule has 0 radical (unpaired) electrons. The van der Waals surface area contributed by atoms with Gasteiger partial charge in [-0.1, -0.05) is 0 Å². The number of nitrogens with zero attached hydrogens (tertiary/aromatic N) is 1. The second-order valence-corrected chi connectivity index (χ2v) is 3.88. The summed E-state index contributed by atoms with van der Waals surface area (Å²) < 4.78 is 0. The second kappa shape index (κ2) is 5.09. The summed E-state index contributed by atoms with van der Waals surface area (Å²) in [4.78, 5) is 23.1. The van der Waals surface area contributed by atoms with Crippen LogP contribution in [0.1, 0.15) is 12.8 Å². The molecule has 4 N–H and O–H groups in total. The Hall–Kier alpha value is -1.14. The molecule has 0 amide bonds. The zero-order valence-corrected chi connectivity index (χ0v) is 8.43. The van der Waals surface area contributed by atoms with Gasteiger partial charge in [-0.05, 0) is 19.4 Å². The van der Waals surface area contributed by atoms with E-state index in [9.17, 15) is 9.59 Å². The monoisotopic (exact) mass is 216 g/mol. The van der Waals surface area contributed by atoms with Gasteiger partial charge >= 0.3 is 11.9 Å². The molecule has 0 saturated carbocycles. The Morgan fingerprint density at radius 2 is 2.13 bits per heavy atom. The topological polar surface area (TPSA) is 104 Å². The molecular weight excluding hydrogens is 200 g/mol. The van der Waals surface area contributed by atoms with Crippen LogP contribution in [0.3, 0.4) is 0 Å². The van der Waals surface area contributed by atoms with Crippen LogP contribution in [-0.4, -0.2) is 52.7 Å². The van der Waals surface area contributed by atoms with Crippen LogP contribution in [-0.2, 0) is 9.59 Å². The van der Waals surface area contributed by atoms with Gasteiger partial charge in [0.25, 0.3) is 0 Å². The van der Waals surface area contributed by atoms with Crippen molar-refractivity contribution < 1.29 is 19.8 Å². The molecule has 0 spiro atoms. The number of nitrogens with two attached hydrogens (primary N) is 1. The molecule has 6 nitrogen and oxygen atoms in total. The fraction of sp³-hybridized carbons (Fsp3) is 0.778. The number of rotatable bonds is 4. The first-order valence-electron chi connectivity index (χ1n) is 4.94. The van der Waals surface area contributed by atoms with Crippen molar-refractivity contribution in [3.63, 3.8) is 0 Å². The molecule has 0 aromatic carbocycles. The third-order valence-electron chi connectivity index (χ3n) is 2.63. The van der Waals surface area contributed by atoms with Crippen molar-refractivity contribution in [2.24, 2.45) is 11.7 Å². The van der Waals surface area contributed by atoms with E-state index in [0.29, 0.717) is 13.0 Å². The molecule has 1 aliphatic rings. The number of hydrogen-bond donors (Lipinski definition) is 3. The Bertz CT molecular complexity index is 254. The third-order valence-corrected chi connectivity index (χ3v) is 2.63. The van der Waals surface area contributed by atoms with Gasteiger partial charge in [0.2, 0.25) is 0 Å². The average Bonchev–Trinajstić information content (AvgIpc) is 2.18. The maximum Gasteiger partial charge on any atom is 0.321 e. The number of carboxylic acids is 2.